The summed E-state index contributed by atoms with van der Waals surface area (Å²) in [7, 11) is 1.34. The van der Waals surface area contributed by atoms with Crippen molar-refractivity contribution in [2.75, 3.05) is 7.11 Å². The van der Waals surface area contributed by atoms with Gasteiger partial charge in [-0.3, -0.25) is 4.99 Å². The molecule has 2 fully saturated rings. The smallest absolute Gasteiger partial charge is 0.332 e. The van der Waals surface area contributed by atoms with E-state index in [1.165, 1.54) is 13.2 Å². The number of benzene rings is 2. The molecule has 2 aromatic carbocycles. The van der Waals surface area contributed by atoms with Crippen LogP contribution in [0.15, 0.2) is 77.4 Å². The lowest BCUT2D eigenvalue weighted by Crippen LogP contribution is -2.59. The van der Waals surface area contributed by atoms with Crippen LogP contribution in [-0.4, -0.2) is 52.4 Å². The third kappa shape index (κ3) is 4.43. The Morgan fingerprint density at radius 2 is 1.75 bits per heavy atom. The Hall–Kier alpha value is -3.06. The lowest BCUT2D eigenvalue weighted by molar-refractivity contribution is -0.152. The Kier molecular flexibility index (Phi) is 6.37. The van der Waals surface area contributed by atoms with Crippen molar-refractivity contribution in [1.29, 1.82) is 0 Å². The van der Waals surface area contributed by atoms with E-state index in [-0.39, 0.29) is 24.0 Å². The molecule has 2 saturated heterocycles. The summed E-state index contributed by atoms with van der Waals surface area (Å²) in [5.41, 5.74) is 2.58. The van der Waals surface area contributed by atoms with Gasteiger partial charge in [0, 0.05) is 17.0 Å². The minimum atomic E-state index is -0.528. The van der Waals surface area contributed by atoms with E-state index in [0.717, 1.165) is 11.1 Å². The number of nitrogens with zero attached hydrogens (tertiary/aromatic N) is 2. The third-order valence-electron chi connectivity index (χ3n) is 5.60. The maximum atomic E-state index is 13.2. The van der Waals surface area contributed by atoms with Gasteiger partial charge < -0.3 is 14.4 Å². The predicted octanol–water partition coefficient (Wildman–Crippen LogP) is 3.81. The predicted molar refractivity (Wildman–Crippen MR) is 125 cm³/mol. The molecular weight excluding hydrogens is 424 g/mol. The van der Waals surface area contributed by atoms with E-state index in [1.807, 2.05) is 85.6 Å². The van der Waals surface area contributed by atoms with Crippen LogP contribution >= 0.6 is 11.8 Å². The monoisotopic (exact) mass is 450 g/mol. The number of hydrogen-bond acceptors (Lipinski definition) is 7. The van der Waals surface area contributed by atoms with Gasteiger partial charge in [-0.1, -0.05) is 60.7 Å². The van der Waals surface area contributed by atoms with Crippen LogP contribution in [0, 0.1) is 0 Å². The molecule has 0 unspecified atom stereocenters. The zero-order chi connectivity index (χ0) is 22.7. The second kappa shape index (κ2) is 9.20. The Morgan fingerprint density at radius 3 is 2.41 bits per heavy atom. The van der Waals surface area contributed by atoms with Crippen LogP contribution in [0.1, 0.15) is 25.0 Å². The topological polar surface area (TPSA) is 68.2 Å². The Morgan fingerprint density at radius 1 is 1.09 bits per heavy atom. The molecule has 2 heterocycles. The van der Waals surface area contributed by atoms with Gasteiger partial charge in [0.2, 0.25) is 0 Å². The summed E-state index contributed by atoms with van der Waals surface area (Å²) in [6.45, 7) is 4.26. The van der Waals surface area contributed by atoms with Crippen molar-refractivity contribution >= 4 is 29.9 Å². The van der Waals surface area contributed by atoms with Crippen molar-refractivity contribution in [2.24, 2.45) is 4.99 Å². The van der Waals surface area contributed by atoms with Crippen LogP contribution in [0.2, 0.25) is 0 Å². The lowest BCUT2D eigenvalue weighted by Gasteiger charge is -2.46. The third-order valence-corrected chi connectivity index (χ3v) is 7.16. The lowest BCUT2D eigenvalue weighted by atomic mass is 9.93. The van der Waals surface area contributed by atoms with Crippen LogP contribution < -0.4 is 0 Å². The maximum Gasteiger partial charge on any atom is 0.332 e. The summed E-state index contributed by atoms with van der Waals surface area (Å²) in [5, 5.41) is -0.0601. The highest BCUT2D eigenvalue weighted by molar-refractivity contribution is 8.01. The van der Waals surface area contributed by atoms with Crippen molar-refractivity contribution in [3.63, 3.8) is 0 Å². The molecule has 7 heteroatoms. The molecule has 2 aliphatic heterocycles. The van der Waals surface area contributed by atoms with Gasteiger partial charge >= 0.3 is 11.9 Å². The van der Waals surface area contributed by atoms with E-state index in [2.05, 4.69) is 0 Å². The van der Waals surface area contributed by atoms with Crippen molar-refractivity contribution in [3.05, 3.63) is 83.6 Å². The highest BCUT2D eigenvalue weighted by Gasteiger charge is 2.62. The number of ether oxygens (including phenoxy) is 2. The van der Waals surface area contributed by atoms with Crippen molar-refractivity contribution in [3.8, 4) is 0 Å². The number of methoxy groups -OCH3 is 1. The second-order valence-electron chi connectivity index (χ2n) is 8.24. The quantitative estimate of drug-likeness (QED) is 0.379. The average molecular weight is 451 g/mol. The molecule has 0 spiro atoms. The van der Waals surface area contributed by atoms with Crippen LogP contribution in [0.4, 0.5) is 0 Å². The molecule has 2 aliphatic rings. The molecular formula is C25H26N2O4S. The van der Waals surface area contributed by atoms with Gasteiger partial charge in [-0.05, 0) is 25.0 Å². The molecule has 32 heavy (non-hydrogen) atoms. The van der Waals surface area contributed by atoms with Crippen LogP contribution in [0.5, 0.6) is 0 Å². The zero-order valence-electron chi connectivity index (χ0n) is 18.3. The standard InChI is InChI=1S/C25H26N2O4S/c1-25(2)22(24(29)31-16-18-12-8-5-9-13-18)27-19(14-20(28)30-3)21(23(27)32-25)26-15-17-10-6-4-7-11-17/h4-15,21-23H,16H2,1-3H3/b19-14-,26-15?/t21-,22+,23-/m1/s1. The Balaban J connectivity index is 1.57. The first-order chi connectivity index (χ1) is 15.4. The normalized spacial score (nSPS) is 24.8. The number of thioether (sulfide) groups is 1. The van der Waals surface area contributed by atoms with Crippen molar-refractivity contribution in [1.82, 2.24) is 4.90 Å². The largest absolute Gasteiger partial charge is 0.466 e. The molecule has 0 aliphatic carbocycles. The first kappa shape index (κ1) is 22.1. The number of aliphatic imine (C=N–C) groups is 1. The number of fused-ring (bicyclic) bond motifs is 1. The van der Waals surface area contributed by atoms with E-state index in [0.29, 0.717) is 5.70 Å². The molecule has 0 amide bonds. The summed E-state index contributed by atoms with van der Waals surface area (Å²) in [5.74, 6) is -0.778. The molecule has 2 aromatic rings. The van der Waals surface area contributed by atoms with E-state index in [4.69, 9.17) is 14.5 Å². The molecule has 6 nitrogen and oxygen atoms in total. The Bertz CT molecular complexity index is 1040. The van der Waals surface area contributed by atoms with Gasteiger partial charge in [0.15, 0.2) is 0 Å². The molecule has 0 N–H and O–H groups in total. The highest BCUT2D eigenvalue weighted by atomic mass is 32.2. The Labute approximate surface area is 192 Å². The molecule has 166 valence electrons. The molecule has 0 saturated carbocycles. The van der Waals surface area contributed by atoms with Gasteiger partial charge in [0.1, 0.15) is 24.1 Å². The van der Waals surface area contributed by atoms with Gasteiger partial charge in [0.25, 0.3) is 0 Å². The van der Waals surface area contributed by atoms with Crippen LogP contribution in [0.25, 0.3) is 0 Å². The van der Waals surface area contributed by atoms with Crippen LogP contribution in [-0.2, 0) is 25.7 Å². The minimum Gasteiger partial charge on any atom is -0.466 e. The summed E-state index contributed by atoms with van der Waals surface area (Å²) >= 11 is 1.68. The summed E-state index contributed by atoms with van der Waals surface area (Å²) in [6, 6.07) is 18.6. The number of hydrogen-bond donors (Lipinski definition) is 0. The van der Waals surface area contributed by atoms with E-state index >= 15 is 0 Å². The maximum absolute atomic E-state index is 13.2. The van der Waals surface area contributed by atoms with Gasteiger partial charge in [0.05, 0.1) is 12.8 Å². The highest BCUT2D eigenvalue weighted by Crippen LogP contribution is 2.55. The SMILES string of the molecule is COC(=O)/C=C1/[C@@H](N=Cc2ccccc2)[C@H]2SC(C)(C)[C@H](C(=O)OCc3ccccc3)N12. The summed E-state index contributed by atoms with van der Waals surface area (Å²) in [4.78, 5) is 31.9. The molecule has 3 atom stereocenters. The number of rotatable bonds is 6. The number of carbonyl (C=O) groups excluding carboxylic acids is 2. The molecule has 0 bridgehead atoms. The van der Waals surface area contributed by atoms with E-state index in [9.17, 15) is 9.59 Å². The second-order valence-corrected chi connectivity index (χ2v) is 10.0. The van der Waals surface area contributed by atoms with Gasteiger partial charge in [-0.2, -0.15) is 0 Å². The van der Waals surface area contributed by atoms with Crippen molar-refractivity contribution < 1.29 is 19.1 Å². The zero-order valence-corrected chi connectivity index (χ0v) is 19.1. The van der Waals surface area contributed by atoms with Gasteiger partial charge in [-0.25, -0.2) is 9.59 Å². The minimum absolute atomic E-state index is 0.0601. The summed E-state index contributed by atoms with van der Waals surface area (Å²) < 4.78 is 10.1. The first-order valence-electron chi connectivity index (χ1n) is 10.4. The van der Waals surface area contributed by atoms with Gasteiger partial charge in [-0.15, -0.1) is 11.8 Å². The van der Waals surface area contributed by atoms with Crippen molar-refractivity contribution in [2.45, 2.75) is 42.7 Å². The first-order valence-corrected chi connectivity index (χ1v) is 11.3. The fourth-order valence-electron chi connectivity index (χ4n) is 4.04. The fraction of sp³-hybridized carbons (Fsp3) is 0.320. The van der Waals surface area contributed by atoms with E-state index in [1.54, 1.807) is 11.8 Å². The molecule has 0 aromatic heterocycles. The average Bonchev–Trinajstić information content (AvgIpc) is 3.04. The van der Waals surface area contributed by atoms with Crippen LogP contribution in [0.3, 0.4) is 0 Å². The summed E-state index contributed by atoms with van der Waals surface area (Å²) in [6.07, 6.45) is 3.24. The molecule has 4 rings (SSSR count). The van der Waals surface area contributed by atoms with E-state index < -0.39 is 16.8 Å². The number of esters is 2. The molecule has 0 radical (unpaired) electrons. The fourth-order valence-corrected chi connectivity index (χ4v) is 5.70. The number of carbonyl (C=O) groups is 2.